The van der Waals surface area contributed by atoms with E-state index in [0.29, 0.717) is 0 Å². The molecule has 100 valence electrons. The van der Waals surface area contributed by atoms with Gasteiger partial charge < -0.3 is 5.32 Å². The van der Waals surface area contributed by atoms with Crippen molar-refractivity contribution in [1.82, 2.24) is 0 Å². The van der Waals surface area contributed by atoms with Gasteiger partial charge in [-0.05, 0) is 49.2 Å². The first kappa shape index (κ1) is 14.9. The normalized spacial score (nSPS) is 12.3. The van der Waals surface area contributed by atoms with Gasteiger partial charge >= 0.3 is 0 Å². The number of hydrogen-bond acceptors (Lipinski definition) is 1. The first-order chi connectivity index (χ1) is 8.97. The van der Waals surface area contributed by atoms with Crippen LogP contribution in [-0.4, -0.2) is 0 Å². The first-order valence-corrected chi connectivity index (χ1v) is 7.91. The second kappa shape index (κ2) is 6.29. The van der Waals surface area contributed by atoms with Crippen LogP contribution in [0.3, 0.4) is 0 Å². The van der Waals surface area contributed by atoms with Gasteiger partial charge in [0.25, 0.3) is 0 Å². The van der Waals surface area contributed by atoms with Crippen LogP contribution in [0.4, 0.5) is 5.69 Å². The lowest BCUT2D eigenvalue weighted by Crippen LogP contribution is -2.08. The summed E-state index contributed by atoms with van der Waals surface area (Å²) in [4.78, 5) is 0. The van der Waals surface area contributed by atoms with E-state index in [1.54, 1.807) is 0 Å². The smallest absolute Gasteiger partial charge is 0.0500 e. The van der Waals surface area contributed by atoms with E-state index in [-0.39, 0.29) is 6.04 Å². The Hall–Kier alpha value is -0.510. The Balaban J connectivity index is 2.25. The lowest BCUT2D eigenvalue weighted by molar-refractivity contribution is 0.882. The molecule has 0 saturated heterocycles. The van der Waals surface area contributed by atoms with Gasteiger partial charge in [-0.25, -0.2) is 0 Å². The highest BCUT2D eigenvalue weighted by Crippen LogP contribution is 2.30. The molecule has 0 aliphatic carbocycles. The summed E-state index contributed by atoms with van der Waals surface area (Å²) in [6.45, 7) is 4.19. The van der Waals surface area contributed by atoms with Crippen LogP contribution in [0.25, 0.3) is 0 Å². The molecule has 0 fully saturated rings. The van der Waals surface area contributed by atoms with E-state index in [1.807, 2.05) is 24.3 Å². The third-order valence-electron chi connectivity index (χ3n) is 3.00. The molecule has 0 bridgehead atoms. The largest absolute Gasteiger partial charge is 0.378 e. The van der Waals surface area contributed by atoms with E-state index < -0.39 is 0 Å². The molecule has 0 aliphatic heterocycles. The molecule has 0 heterocycles. The molecule has 0 aliphatic rings. The summed E-state index contributed by atoms with van der Waals surface area (Å²) in [6.07, 6.45) is 0. The van der Waals surface area contributed by atoms with Crippen molar-refractivity contribution in [3.63, 3.8) is 0 Å². The molecule has 2 aromatic carbocycles. The molecule has 1 nitrogen and oxygen atoms in total. The molecule has 1 atom stereocenters. The Labute approximate surface area is 135 Å². The number of benzene rings is 2. The first-order valence-electron chi connectivity index (χ1n) is 5.95. The standard InChI is InChI=1S/C15H14Br2ClN/c1-9-3-4-12(17)8-15(9)19-10(2)13-6-5-11(16)7-14(13)18/h3-8,10,19H,1-2H3. The van der Waals surface area contributed by atoms with E-state index in [0.717, 1.165) is 25.2 Å². The summed E-state index contributed by atoms with van der Waals surface area (Å²) >= 11 is 13.2. The van der Waals surface area contributed by atoms with Crippen molar-refractivity contribution < 1.29 is 0 Å². The topological polar surface area (TPSA) is 12.0 Å². The summed E-state index contributed by atoms with van der Waals surface area (Å²) in [5, 5.41) is 4.26. The van der Waals surface area contributed by atoms with Crippen LogP contribution in [0.2, 0.25) is 5.02 Å². The average molecular weight is 404 g/mol. The molecule has 1 unspecified atom stereocenters. The number of hydrogen-bond donors (Lipinski definition) is 1. The van der Waals surface area contributed by atoms with Crippen molar-refractivity contribution in [3.05, 3.63) is 61.5 Å². The van der Waals surface area contributed by atoms with Crippen molar-refractivity contribution in [2.24, 2.45) is 0 Å². The van der Waals surface area contributed by atoms with Crippen molar-refractivity contribution >= 4 is 49.1 Å². The van der Waals surface area contributed by atoms with E-state index in [1.165, 1.54) is 5.56 Å². The van der Waals surface area contributed by atoms with Crippen LogP contribution in [0.15, 0.2) is 45.3 Å². The van der Waals surface area contributed by atoms with Crippen LogP contribution >= 0.6 is 43.5 Å². The highest BCUT2D eigenvalue weighted by molar-refractivity contribution is 9.10. The van der Waals surface area contributed by atoms with E-state index in [2.05, 4.69) is 63.2 Å². The average Bonchev–Trinajstić information content (AvgIpc) is 2.33. The minimum atomic E-state index is 0.147. The van der Waals surface area contributed by atoms with Gasteiger partial charge in [-0.3, -0.25) is 0 Å². The minimum Gasteiger partial charge on any atom is -0.378 e. The van der Waals surface area contributed by atoms with Gasteiger partial charge in [0, 0.05) is 19.7 Å². The van der Waals surface area contributed by atoms with Gasteiger partial charge in [0.05, 0.1) is 6.04 Å². The molecular weight excluding hydrogens is 389 g/mol. The monoisotopic (exact) mass is 401 g/mol. The maximum Gasteiger partial charge on any atom is 0.0500 e. The Kier molecular flexibility index (Phi) is 4.93. The van der Waals surface area contributed by atoms with Gasteiger partial charge in [-0.15, -0.1) is 0 Å². The molecule has 0 radical (unpaired) electrons. The second-order valence-electron chi connectivity index (χ2n) is 4.49. The van der Waals surface area contributed by atoms with Gasteiger partial charge in [0.1, 0.15) is 0 Å². The lowest BCUT2D eigenvalue weighted by atomic mass is 10.1. The van der Waals surface area contributed by atoms with Crippen LogP contribution < -0.4 is 5.32 Å². The summed E-state index contributed by atoms with van der Waals surface area (Å²) in [6, 6.07) is 12.3. The Morgan fingerprint density at radius 3 is 2.37 bits per heavy atom. The Bertz CT molecular complexity index is 599. The van der Waals surface area contributed by atoms with Gasteiger partial charge in [-0.2, -0.15) is 0 Å². The highest BCUT2D eigenvalue weighted by atomic mass is 79.9. The SMILES string of the molecule is Cc1ccc(Br)cc1NC(C)c1ccc(Br)cc1Cl. The number of rotatable bonds is 3. The highest BCUT2D eigenvalue weighted by Gasteiger charge is 2.11. The molecule has 4 heteroatoms. The maximum atomic E-state index is 6.28. The van der Waals surface area contributed by atoms with Crippen molar-refractivity contribution in [3.8, 4) is 0 Å². The zero-order valence-corrected chi connectivity index (χ0v) is 14.6. The molecule has 1 N–H and O–H groups in total. The predicted octanol–water partition coefficient (Wildman–Crippen LogP) is 6.35. The van der Waals surface area contributed by atoms with Crippen molar-refractivity contribution in [1.29, 1.82) is 0 Å². The summed E-state index contributed by atoms with van der Waals surface area (Å²) < 4.78 is 2.06. The second-order valence-corrected chi connectivity index (χ2v) is 6.73. The molecule has 0 amide bonds. The molecule has 0 spiro atoms. The Morgan fingerprint density at radius 1 is 1.05 bits per heavy atom. The number of nitrogens with one attached hydrogen (secondary N) is 1. The van der Waals surface area contributed by atoms with Crippen LogP contribution in [0.5, 0.6) is 0 Å². The van der Waals surface area contributed by atoms with Crippen LogP contribution in [0.1, 0.15) is 24.1 Å². The molecule has 19 heavy (non-hydrogen) atoms. The van der Waals surface area contributed by atoms with Crippen molar-refractivity contribution in [2.45, 2.75) is 19.9 Å². The van der Waals surface area contributed by atoms with Gasteiger partial charge in [0.2, 0.25) is 0 Å². The summed E-state index contributed by atoms with van der Waals surface area (Å²) in [5.74, 6) is 0. The number of aryl methyl sites for hydroxylation is 1. The van der Waals surface area contributed by atoms with Crippen molar-refractivity contribution in [2.75, 3.05) is 5.32 Å². The molecule has 0 aromatic heterocycles. The zero-order chi connectivity index (χ0) is 14.0. The van der Waals surface area contributed by atoms with Gasteiger partial charge in [0.15, 0.2) is 0 Å². The maximum absolute atomic E-state index is 6.28. The van der Waals surface area contributed by atoms with Crippen LogP contribution in [-0.2, 0) is 0 Å². The molecule has 0 saturated carbocycles. The summed E-state index contributed by atoms with van der Waals surface area (Å²) in [7, 11) is 0. The fourth-order valence-electron chi connectivity index (χ4n) is 1.91. The molecular formula is C15H14Br2ClN. The summed E-state index contributed by atoms with van der Waals surface area (Å²) in [5.41, 5.74) is 3.41. The fourth-order valence-corrected chi connectivity index (χ4v) is 3.11. The minimum absolute atomic E-state index is 0.147. The van der Waals surface area contributed by atoms with Gasteiger partial charge in [-0.1, -0.05) is 55.6 Å². The third kappa shape index (κ3) is 3.74. The zero-order valence-electron chi connectivity index (χ0n) is 10.7. The quantitative estimate of drug-likeness (QED) is 0.630. The van der Waals surface area contributed by atoms with E-state index in [4.69, 9.17) is 11.6 Å². The number of halogens is 3. The Morgan fingerprint density at radius 2 is 1.68 bits per heavy atom. The lowest BCUT2D eigenvalue weighted by Gasteiger charge is -2.19. The van der Waals surface area contributed by atoms with Crippen LogP contribution in [0, 0.1) is 6.92 Å². The van der Waals surface area contributed by atoms with E-state index in [9.17, 15) is 0 Å². The number of anilines is 1. The third-order valence-corrected chi connectivity index (χ3v) is 4.31. The molecule has 2 aromatic rings. The van der Waals surface area contributed by atoms with E-state index >= 15 is 0 Å². The molecule has 2 rings (SSSR count). The predicted molar refractivity (Wildman–Crippen MR) is 90.1 cm³/mol. The fraction of sp³-hybridized carbons (Fsp3) is 0.200.